The van der Waals surface area contributed by atoms with Crippen molar-refractivity contribution in [3.05, 3.63) is 140 Å². The third kappa shape index (κ3) is 2.93. The Morgan fingerprint density at radius 2 is 0.947 bits per heavy atom. The van der Waals surface area contributed by atoms with Crippen LogP contribution in [-0.4, -0.2) is 14.1 Å². The number of fused-ring (bicyclic) bond motifs is 8. The molecular formula is C35H23N3. The molecule has 0 radical (unpaired) electrons. The number of hydrogen-bond donors (Lipinski definition) is 0. The van der Waals surface area contributed by atoms with Gasteiger partial charge in [0.25, 0.3) is 0 Å². The molecular weight excluding hydrogens is 462 g/mol. The van der Waals surface area contributed by atoms with Crippen molar-refractivity contribution in [2.45, 2.75) is 0 Å². The van der Waals surface area contributed by atoms with Crippen LogP contribution < -0.4 is 0 Å². The minimum Gasteiger partial charge on any atom is -0.307 e. The molecule has 2 aromatic heterocycles. The molecule has 2 heterocycles. The first-order valence-corrected chi connectivity index (χ1v) is 12.9. The van der Waals surface area contributed by atoms with E-state index in [0.717, 1.165) is 39.2 Å². The smallest absolute Gasteiger partial charge is 0.145 e. The fourth-order valence-corrected chi connectivity index (χ4v) is 5.93. The van der Waals surface area contributed by atoms with Gasteiger partial charge >= 0.3 is 0 Å². The summed E-state index contributed by atoms with van der Waals surface area (Å²) in [5.74, 6) is 0.939. The summed E-state index contributed by atoms with van der Waals surface area (Å²) in [5.41, 5.74) is 7.80. The average molecular weight is 486 g/mol. The number of hydrogen-bond acceptors (Lipinski definition) is 1. The van der Waals surface area contributed by atoms with Gasteiger partial charge in [-0.25, -0.2) is 4.98 Å². The summed E-state index contributed by atoms with van der Waals surface area (Å²) in [7, 11) is 0. The van der Waals surface area contributed by atoms with Gasteiger partial charge in [-0.2, -0.15) is 0 Å². The Bertz CT molecular complexity index is 2100. The molecule has 0 spiro atoms. The van der Waals surface area contributed by atoms with E-state index < -0.39 is 0 Å². The lowest BCUT2D eigenvalue weighted by Gasteiger charge is -2.14. The van der Waals surface area contributed by atoms with E-state index in [2.05, 4.69) is 149 Å². The number of aromatic nitrogens is 3. The molecule has 3 heteroatoms. The van der Waals surface area contributed by atoms with Crippen molar-refractivity contribution < 1.29 is 0 Å². The molecule has 0 saturated heterocycles. The SMILES string of the molecule is c1ccc(-c2nc3c4ccccc4c4c5ccccc5n(-c5ccccc5)c4c3n2-c2ccccc2)cc1. The molecule has 38 heavy (non-hydrogen) atoms. The molecule has 8 aromatic rings. The van der Waals surface area contributed by atoms with Gasteiger partial charge in [0.1, 0.15) is 5.82 Å². The Morgan fingerprint density at radius 1 is 0.421 bits per heavy atom. The van der Waals surface area contributed by atoms with Gasteiger partial charge in [-0.05, 0) is 35.7 Å². The van der Waals surface area contributed by atoms with Gasteiger partial charge in [-0.1, -0.05) is 109 Å². The molecule has 0 atom stereocenters. The Balaban J connectivity index is 1.71. The largest absolute Gasteiger partial charge is 0.307 e. The zero-order valence-corrected chi connectivity index (χ0v) is 20.6. The molecule has 0 amide bonds. The van der Waals surface area contributed by atoms with Crippen molar-refractivity contribution in [1.29, 1.82) is 0 Å². The van der Waals surface area contributed by atoms with E-state index in [0.29, 0.717) is 0 Å². The standard InChI is InChI=1S/C35H23N3/c1-4-14-24(15-5-1)35-36-32-28-21-11-10-20-27(28)31-29-22-12-13-23-30(29)37(25-16-6-2-7-17-25)33(31)34(32)38(35)26-18-8-3-9-19-26/h1-23H. The Hall–Kier alpha value is -5.15. The number of para-hydroxylation sites is 3. The van der Waals surface area contributed by atoms with Crippen molar-refractivity contribution in [1.82, 2.24) is 14.1 Å². The minimum absolute atomic E-state index is 0.939. The third-order valence-electron chi connectivity index (χ3n) is 7.49. The van der Waals surface area contributed by atoms with Gasteiger partial charge < -0.3 is 4.57 Å². The Kier molecular flexibility index (Phi) is 4.52. The highest BCUT2D eigenvalue weighted by atomic mass is 15.1. The molecule has 0 aliphatic heterocycles. The lowest BCUT2D eigenvalue weighted by Crippen LogP contribution is -2.00. The summed E-state index contributed by atoms with van der Waals surface area (Å²) in [6.07, 6.45) is 0. The summed E-state index contributed by atoms with van der Waals surface area (Å²) in [4.78, 5) is 5.39. The van der Waals surface area contributed by atoms with Crippen molar-refractivity contribution in [2.24, 2.45) is 0 Å². The minimum atomic E-state index is 0.939. The van der Waals surface area contributed by atoms with Gasteiger partial charge in [0.2, 0.25) is 0 Å². The second-order valence-electron chi connectivity index (χ2n) is 9.63. The quantitative estimate of drug-likeness (QED) is 0.245. The predicted molar refractivity (Wildman–Crippen MR) is 158 cm³/mol. The lowest BCUT2D eigenvalue weighted by atomic mass is 10.0. The maximum absolute atomic E-state index is 5.39. The van der Waals surface area contributed by atoms with E-state index >= 15 is 0 Å². The first kappa shape index (κ1) is 21.0. The van der Waals surface area contributed by atoms with Crippen LogP contribution in [0.3, 0.4) is 0 Å². The molecule has 0 bridgehead atoms. The monoisotopic (exact) mass is 485 g/mol. The van der Waals surface area contributed by atoms with Crippen LogP contribution >= 0.6 is 0 Å². The summed E-state index contributed by atoms with van der Waals surface area (Å²) >= 11 is 0. The molecule has 178 valence electrons. The van der Waals surface area contributed by atoms with Crippen LogP contribution in [0.15, 0.2) is 140 Å². The molecule has 0 unspecified atom stereocenters. The summed E-state index contributed by atoms with van der Waals surface area (Å²) < 4.78 is 4.76. The van der Waals surface area contributed by atoms with Crippen LogP contribution in [0.1, 0.15) is 0 Å². The van der Waals surface area contributed by atoms with Gasteiger partial charge in [0, 0.05) is 33.1 Å². The van der Waals surface area contributed by atoms with Gasteiger partial charge in [-0.3, -0.25) is 4.57 Å². The fraction of sp³-hybridized carbons (Fsp3) is 0. The van der Waals surface area contributed by atoms with Crippen molar-refractivity contribution >= 4 is 43.6 Å². The third-order valence-corrected chi connectivity index (χ3v) is 7.49. The van der Waals surface area contributed by atoms with E-state index in [1.807, 2.05) is 0 Å². The average Bonchev–Trinajstić information content (AvgIpc) is 3.56. The number of nitrogens with zero attached hydrogens (tertiary/aromatic N) is 3. The Labute approximate surface area is 219 Å². The molecule has 8 rings (SSSR count). The molecule has 0 saturated carbocycles. The van der Waals surface area contributed by atoms with Gasteiger partial charge in [0.15, 0.2) is 0 Å². The zero-order chi connectivity index (χ0) is 25.1. The van der Waals surface area contributed by atoms with Crippen LogP contribution in [0.2, 0.25) is 0 Å². The molecule has 0 fully saturated rings. The predicted octanol–water partition coefficient (Wildman–Crippen LogP) is 8.94. The van der Waals surface area contributed by atoms with Crippen molar-refractivity contribution in [3.63, 3.8) is 0 Å². The van der Waals surface area contributed by atoms with Crippen molar-refractivity contribution in [2.75, 3.05) is 0 Å². The fourth-order valence-electron chi connectivity index (χ4n) is 5.93. The maximum atomic E-state index is 5.39. The van der Waals surface area contributed by atoms with E-state index in [4.69, 9.17) is 4.98 Å². The van der Waals surface area contributed by atoms with E-state index in [1.165, 1.54) is 27.2 Å². The highest BCUT2D eigenvalue weighted by Gasteiger charge is 2.24. The first-order chi connectivity index (χ1) is 18.9. The van der Waals surface area contributed by atoms with Crippen LogP contribution in [0.4, 0.5) is 0 Å². The highest BCUT2D eigenvalue weighted by molar-refractivity contribution is 6.31. The number of rotatable bonds is 3. The summed E-state index contributed by atoms with van der Waals surface area (Å²) in [6.45, 7) is 0. The maximum Gasteiger partial charge on any atom is 0.145 e. The summed E-state index contributed by atoms with van der Waals surface area (Å²) in [6, 6.07) is 49.2. The normalized spacial score (nSPS) is 11.7. The van der Waals surface area contributed by atoms with Crippen molar-refractivity contribution in [3.8, 4) is 22.8 Å². The van der Waals surface area contributed by atoms with Gasteiger partial charge in [-0.15, -0.1) is 0 Å². The first-order valence-electron chi connectivity index (χ1n) is 12.9. The molecule has 0 aliphatic rings. The highest BCUT2D eigenvalue weighted by Crippen LogP contribution is 2.44. The number of benzene rings is 6. The Morgan fingerprint density at radius 3 is 1.63 bits per heavy atom. The summed E-state index contributed by atoms with van der Waals surface area (Å²) in [5, 5.41) is 4.88. The van der Waals surface area contributed by atoms with Crippen LogP contribution in [0, 0.1) is 0 Å². The van der Waals surface area contributed by atoms with Crippen LogP contribution in [0.25, 0.3) is 66.4 Å². The second-order valence-corrected chi connectivity index (χ2v) is 9.63. The zero-order valence-electron chi connectivity index (χ0n) is 20.6. The molecule has 3 nitrogen and oxygen atoms in total. The number of imidazole rings is 1. The van der Waals surface area contributed by atoms with E-state index in [1.54, 1.807) is 0 Å². The second kappa shape index (κ2) is 8.19. The molecule has 0 N–H and O–H groups in total. The van der Waals surface area contributed by atoms with E-state index in [9.17, 15) is 0 Å². The molecule has 6 aromatic carbocycles. The van der Waals surface area contributed by atoms with Gasteiger partial charge in [0.05, 0.1) is 22.1 Å². The lowest BCUT2D eigenvalue weighted by molar-refractivity contribution is 1.10. The van der Waals surface area contributed by atoms with E-state index in [-0.39, 0.29) is 0 Å². The molecule has 0 aliphatic carbocycles. The topological polar surface area (TPSA) is 22.8 Å². The van der Waals surface area contributed by atoms with Crippen LogP contribution in [0.5, 0.6) is 0 Å². The van der Waals surface area contributed by atoms with Crippen LogP contribution in [-0.2, 0) is 0 Å².